The van der Waals surface area contributed by atoms with Gasteiger partial charge in [-0.2, -0.15) is 0 Å². The second-order valence-electron chi connectivity index (χ2n) is 5.59. The van der Waals surface area contributed by atoms with Crippen molar-refractivity contribution in [3.05, 3.63) is 40.6 Å². The summed E-state index contributed by atoms with van der Waals surface area (Å²) < 4.78 is 16.4. The van der Waals surface area contributed by atoms with Gasteiger partial charge in [0.1, 0.15) is 12.4 Å². The van der Waals surface area contributed by atoms with Crippen LogP contribution in [0.5, 0.6) is 17.2 Å². The Labute approximate surface area is 175 Å². The molecule has 1 N–H and O–H groups in total. The quantitative estimate of drug-likeness (QED) is 0.280. The molecule has 0 atom stereocenters. The molecule has 0 amide bonds. The summed E-state index contributed by atoms with van der Waals surface area (Å²) in [6.07, 6.45) is 1.02. The third-order valence-electron chi connectivity index (χ3n) is 3.85. The Bertz CT molecular complexity index is 710. The second kappa shape index (κ2) is 10.5. The number of halogens is 1. The molecule has 2 aromatic rings. The maximum Gasteiger partial charge on any atom is 0.231 e. The highest BCUT2D eigenvalue weighted by Gasteiger charge is 2.13. The lowest BCUT2D eigenvalue weighted by atomic mass is 10.3. The Morgan fingerprint density at radius 2 is 2.15 bits per heavy atom. The molecular weight excluding hydrogens is 465 g/mol. The minimum atomic E-state index is 0. The number of nitrogens with zero attached hydrogens (tertiary/aromatic N) is 2. The summed E-state index contributed by atoms with van der Waals surface area (Å²) in [5, 5.41) is 5.43. The molecule has 0 unspecified atom stereocenters. The Balaban J connectivity index is 0.00000243. The van der Waals surface area contributed by atoms with Crippen molar-refractivity contribution < 1.29 is 14.2 Å². The van der Waals surface area contributed by atoms with E-state index >= 15 is 0 Å². The Hall–Kier alpha value is -1.68. The molecule has 26 heavy (non-hydrogen) atoms. The number of aliphatic imine (C=N–C) groups is 1. The molecule has 0 aliphatic carbocycles. The van der Waals surface area contributed by atoms with Crippen molar-refractivity contribution in [1.29, 1.82) is 0 Å². The Morgan fingerprint density at radius 1 is 1.31 bits per heavy atom. The Morgan fingerprint density at radius 3 is 2.92 bits per heavy atom. The maximum absolute atomic E-state index is 5.75. The molecule has 0 saturated heterocycles. The summed E-state index contributed by atoms with van der Waals surface area (Å²) in [5.74, 6) is 3.13. The standard InChI is InChI=1S/C18H23N3O3S.HI/c1-19-18(21(2)9-7-15-4-3-11-25-15)20-8-10-22-14-5-6-16-17(12-14)24-13-23-16;/h3-6,11-12H,7-10,13H2,1-2H3,(H,19,20);1H. The fourth-order valence-corrected chi connectivity index (χ4v) is 3.22. The third-order valence-corrected chi connectivity index (χ3v) is 4.78. The van der Waals surface area contributed by atoms with Gasteiger partial charge in [-0.05, 0) is 30.0 Å². The normalized spacial score (nSPS) is 12.5. The molecule has 0 bridgehead atoms. The van der Waals surface area contributed by atoms with Gasteiger partial charge in [-0.15, -0.1) is 35.3 Å². The van der Waals surface area contributed by atoms with Crippen LogP contribution in [0.4, 0.5) is 0 Å². The van der Waals surface area contributed by atoms with E-state index in [9.17, 15) is 0 Å². The summed E-state index contributed by atoms with van der Waals surface area (Å²) >= 11 is 1.79. The summed E-state index contributed by atoms with van der Waals surface area (Å²) in [7, 11) is 3.84. The van der Waals surface area contributed by atoms with Crippen molar-refractivity contribution in [2.75, 3.05) is 40.6 Å². The molecule has 6 nitrogen and oxygen atoms in total. The van der Waals surface area contributed by atoms with Crippen molar-refractivity contribution in [2.45, 2.75) is 6.42 Å². The number of ether oxygens (including phenoxy) is 3. The van der Waals surface area contributed by atoms with E-state index in [1.807, 2.05) is 25.2 Å². The van der Waals surface area contributed by atoms with Gasteiger partial charge < -0.3 is 24.4 Å². The summed E-state index contributed by atoms with van der Waals surface area (Å²) in [6, 6.07) is 9.84. The van der Waals surface area contributed by atoms with Crippen molar-refractivity contribution in [2.24, 2.45) is 4.99 Å². The number of likely N-dealkylation sites (N-methyl/N-ethyl adjacent to an activating group) is 1. The zero-order chi connectivity index (χ0) is 17.5. The molecule has 142 valence electrons. The van der Waals surface area contributed by atoms with Gasteiger partial charge in [-0.3, -0.25) is 4.99 Å². The van der Waals surface area contributed by atoms with E-state index in [-0.39, 0.29) is 30.8 Å². The topological polar surface area (TPSA) is 55.3 Å². The predicted molar refractivity (Wildman–Crippen MR) is 115 cm³/mol. The number of thiophene rings is 1. The number of fused-ring (bicyclic) bond motifs is 1. The molecule has 0 spiro atoms. The van der Waals surface area contributed by atoms with Crippen LogP contribution in [0.15, 0.2) is 40.7 Å². The number of hydrogen-bond donors (Lipinski definition) is 1. The van der Waals surface area contributed by atoms with Crippen molar-refractivity contribution in [3.8, 4) is 17.2 Å². The van der Waals surface area contributed by atoms with E-state index in [2.05, 4.69) is 32.7 Å². The predicted octanol–water partition coefficient (Wildman–Crippen LogP) is 3.22. The van der Waals surface area contributed by atoms with Gasteiger partial charge >= 0.3 is 0 Å². The van der Waals surface area contributed by atoms with E-state index in [1.54, 1.807) is 18.4 Å². The highest BCUT2D eigenvalue weighted by molar-refractivity contribution is 14.0. The largest absolute Gasteiger partial charge is 0.492 e. The zero-order valence-electron chi connectivity index (χ0n) is 14.9. The SMILES string of the molecule is CN=C(NCCOc1ccc2c(c1)OCO2)N(C)CCc1cccs1.I. The van der Waals surface area contributed by atoms with E-state index in [1.165, 1.54) is 4.88 Å². The fourth-order valence-electron chi connectivity index (χ4n) is 2.52. The Kier molecular flexibility index (Phi) is 8.30. The first-order valence-corrected chi connectivity index (χ1v) is 9.11. The number of hydrogen-bond acceptors (Lipinski definition) is 5. The molecule has 1 aromatic carbocycles. The van der Waals surface area contributed by atoms with Crippen LogP contribution in [0, 0.1) is 0 Å². The number of rotatable bonds is 7. The number of guanidine groups is 1. The second-order valence-corrected chi connectivity index (χ2v) is 6.62. The first-order chi connectivity index (χ1) is 12.3. The average molecular weight is 489 g/mol. The molecule has 0 saturated carbocycles. The highest BCUT2D eigenvalue weighted by atomic mass is 127. The maximum atomic E-state index is 5.75. The minimum absolute atomic E-state index is 0. The highest BCUT2D eigenvalue weighted by Crippen LogP contribution is 2.34. The monoisotopic (exact) mass is 489 g/mol. The van der Waals surface area contributed by atoms with E-state index in [0.29, 0.717) is 13.2 Å². The minimum Gasteiger partial charge on any atom is -0.492 e. The molecule has 0 radical (unpaired) electrons. The van der Waals surface area contributed by atoms with E-state index in [4.69, 9.17) is 14.2 Å². The molecule has 2 heterocycles. The molecule has 1 aliphatic rings. The third kappa shape index (κ3) is 5.66. The molecule has 3 rings (SSSR count). The van der Waals surface area contributed by atoms with Gasteiger partial charge in [0, 0.05) is 31.6 Å². The van der Waals surface area contributed by atoms with Crippen LogP contribution in [-0.4, -0.2) is 51.4 Å². The molecule has 1 aromatic heterocycles. The lowest BCUT2D eigenvalue weighted by Gasteiger charge is -2.21. The van der Waals surface area contributed by atoms with Crippen LogP contribution in [0.3, 0.4) is 0 Å². The lowest BCUT2D eigenvalue weighted by Crippen LogP contribution is -2.41. The zero-order valence-corrected chi connectivity index (χ0v) is 18.1. The smallest absolute Gasteiger partial charge is 0.231 e. The number of benzene rings is 1. The van der Waals surface area contributed by atoms with Gasteiger partial charge in [-0.25, -0.2) is 0 Å². The van der Waals surface area contributed by atoms with E-state index in [0.717, 1.165) is 36.2 Å². The first-order valence-electron chi connectivity index (χ1n) is 8.23. The summed E-state index contributed by atoms with van der Waals surface area (Å²) in [4.78, 5) is 7.83. The first kappa shape index (κ1) is 20.6. The van der Waals surface area contributed by atoms with Crippen molar-refractivity contribution in [3.63, 3.8) is 0 Å². The van der Waals surface area contributed by atoms with E-state index < -0.39 is 0 Å². The van der Waals surface area contributed by atoms with Crippen LogP contribution in [-0.2, 0) is 6.42 Å². The van der Waals surface area contributed by atoms with Gasteiger partial charge in [0.05, 0.1) is 6.54 Å². The molecular formula is C18H24IN3O3S. The van der Waals surface area contributed by atoms with Crippen molar-refractivity contribution >= 4 is 41.3 Å². The van der Waals surface area contributed by atoms with Gasteiger partial charge in [-0.1, -0.05) is 6.07 Å². The van der Waals surface area contributed by atoms with Crippen LogP contribution >= 0.6 is 35.3 Å². The van der Waals surface area contributed by atoms with Crippen LogP contribution in [0.25, 0.3) is 0 Å². The van der Waals surface area contributed by atoms with Crippen LogP contribution in [0.2, 0.25) is 0 Å². The van der Waals surface area contributed by atoms with Gasteiger partial charge in [0.25, 0.3) is 0 Å². The molecule has 0 fully saturated rings. The van der Waals surface area contributed by atoms with Crippen molar-refractivity contribution in [1.82, 2.24) is 10.2 Å². The van der Waals surface area contributed by atoms with Gasteiger partial charge in [0.2, 0.25) is 6.79 Å². The average Bonchev–Trinajstić information content (AvgIpc) is 3.30. The lowest BCUT2D eigenvalue weighted by molar-refractivity contribution is 0.173. The van der Waals surface area contributed by atoms with Gasteiger partial charge in [0.15, 0.2) is 17.5 Å². The fraction of sp³-hybridized carbons (Fsp3) is 0.389. The number of nitrogens with one attached hydrogen (secondary N) is 1. The summed E-state index contributed by atoms with van der Waals surface area (Å²) in [5.41, 5.74) is 0. The van der Waals surface area contributed by atoms with Crippen LogP contribution in [0.1, 0.15) is 4.88 Å². The molecule has 8 heteroatoms. The summed E-state index contributed by atoms with van der Waals surface area (Å²) in [6.45, 7) is 2.40. The van der Waals surface area contributed by atoms with Crippen LogP contribution < -0.4 is 19.5 Å². The molecule has 1 aliphatic heterocycles.